The zero-order valence-electron chi connectivity index (χ0n) is 11.0. The summed E-state index contributed by atoms with van der Waals surface area (Å²) in [6, 6.07) is 0. The minimum Gasteiger partial charge on any atom is -0.462 e. The van der Waals surface area contributed by atoms with Gasteiger partial charge < -0.3 is 4.74 Å². The number of hydrogen-bond donors (Lipinski definition) is 0. The van der Waals surface area contributed by atoms with Crippen LogP contribution in [0.25, 0.3) is 0 Å². The minimum atomic E-state index is -0.368. The van der Waals surface area contributed by atoms with Crippen molar-refractivity contribution in [3.8, 4) is 0 Å². The van der Waals surface area contributed by atoms with E-state index >= 15 is 0 Å². The summed E-state index contributed by atoms with van der Waals surface area (Å²) in [5.74, 6) is 2.94. The van der Waals surface area contributed by atoms with Crippen molar-refractivity contribution in [3.05, 3.63) is 12.2 Å². The van der Waals surface area contributed by atoms with Gasteiger partial charge in [-0.25, -0.2) is 0 Å². The Morgan fingerprint density at radius 1 is 1.24 bits per heavy atom. The number of carbonyl (C=O) groups excluding carboxylic acids is 1. The molecule has 0 N–H and O–H groups in total. The molecule has 0 spiro atoms. The van der Waals surface area contributed by atoms with Gasteiger partial charge in [0.15, 0.2) is 0 Å². The lowest BCUT2D eigenvalue weighted by Gasteiger charge is -2.32. The van der Waals surface area contributed by atoms with E-state index in [1.54, 1.807) is 0 Å². The van der Waals surface area contributed by atoms with E-state index in [-0.39, 0.29) is 17.5 Å². The third-order valence-corrected chi connectivity index (χ3v) is 4.82. The van der Waals surface area contributed by atoms with E-state index in [4.69, 9.17) is 4.74 Å². The Bertz CT molecular complexity index is 364. The van der Waals surface area contributed by atoms with E-state index < -0.39 is 0 Å². The summed E-state index contributed by atoms with van der Waals surface area (Å²) in [6.45, 7) is 5.79. The molecule has 94 valence electrons. The van der Waals surface area contributed by atoms with E-state index in [0.29, 0.717) is 11.8 Å². The molecule has 5 unspecified atom stereocenters. The molecule has 0 aromatic carbocycles. The van der Waals surface area contributed by atoms with Crippen molar-refractivity contribution < 1.29 is 9.53 Å². The van der Waals surface area contributed by atoms with Crippen LogP contribution in [0, 0.1) is 29.1 Å². The maximum absolute atomic E-state index is 11.9. The Morgan fingerprint density at radius 3 is 2.71 bits per heavy atom. The third-order valence-electron chi connectivity index (χ3n) is 4.82. The summed E-state index contributed by atoms with van der Waals surface area (Å²) in [5, 5.41) is 0. The van der Waals surface area contributed by atoms with Crippen molar-refractivity contribution in [2.45, 2.75) is 46.1 Å². The fourth-order valence-electron chi connectivity index (χ4n) is 3.93. The number of carbonyl (C=O) groups is 1. The van der Waals surface area contributed by atoms with Crippen LogP contribution < -0.4 is 0 Å². The molecule has 0 amide bonds. The van der Waals surface area contributed by atoms with Crippen molar-refractivity contribution in [1.29, 1.82) is 0 Å². The molecule has 0 aliphatic heterocycles. The first-order valence-electron chi connectivity index (χ1n) is 6.84. The number of hydrogen-bond acceptors (Lipinski definition) is 2. The lowest BCUT2D eigenvalue weighted by Crippen LogP contribution is -2.35. The van der Waals surface area contributed by atoms with E-state index in [0.717, 1.165) is 18.3 Å². The Kier molecular flexibility index (Phi) is 2.39. The van der Waals surface area contributed by atoms with Crippen LogP contribution >= 0.6 is 0 Å². The van der Waals surface area contributed by atoms with Crippen molar-refractivity contribution in [3.63, 3.8) is 0 Å². The van der Waals surface area contributed by atoms with Gasteiger partial charge in [-0.1, -0.05) is 12.2 Å². The molecule has 3 aliphatic rings. The molecule has 3 rings (SSSR count). The number of allylic oxidation sites excluding steroid dienone is 2. The number of rotatable bonds is 1. The lowest BCUT2D eigenvalue weighted by molar-refractivity contribution is -0.162. The predicted octanol–water partition coefficient (Wildman–Crippen LogP) is 3.18. The first-order chi connectivity index (χ1) is 7.97. The highest BCUT2D eigenvalue weighted by molar-refractivity contribution is 5.75. The number of ether oxygens (including phenoxy) is 1. The van der Waals surface area contributed by atoms with Crippen LogP contribution in [-0.4, -0.2) is 12.1 Å². The first-order valence-corrected chi connectivity index (χ1v) is 6.84. The van der Waals surface area contributed by atoms with E-state index in [1.807, 2.05) is 20.8 Å². The molecule has 2 saturated carbocycles. The summed E-state index contributed by atoms with van der Waals surface area (Å²) >= 11 is 0. The van der Waals surface area contributed by atoms with Gasteiger partial charge in [-0.2, -0.15) is 0 Å². The largest absolute Gasteiger partial charge is 0.462 e. The van der Waals surface area contributed by atoms with Crippen molar-refractivity contribution >= 4 is 5.97 Å². The number of fused-ring (bicyclic) bond motifs is 5. The molecule has 0 radical (unpaired) electrons. The van der Waals surface area contributed by atoms with Crippen molar-refractivity contribution in [2.24, 2.45) is 29.1 Å². The maximum Gasteiger partial charge on any atom is 0.311 e. The zero-order valence-corrected chi connectivity index (χ0v) is 11.0. The average Bonchev–Trinajstić information content (AvgIpc) is 2.85. The van der Waals surface area contributed by atoms with Crippen LogP contribution in [0.4, 0.5) is 0 Å². The predicted molar refractivity (Wildman–Crippen MR) is 66.3 cm³/mol. The molecule has 2 bridgehead atoms. The highest BCUT2D eigenvalue weighted by Gasteiger charge is 2.54. The van der Waals surface area contributed by atoms with Crippen LogP contribution in [0.5, 0.6) is 0 Å². The monoisotopic (exact) mass is 234 g/mol. The molecule has 2 nitrogen and oxygen atoms in total. The van der Waals surface area contributed by atoms with E-state index in [2.05, 4.69) is 12.2 Å². The second-order valence-corrected chi connectivity index (χ2v) is 6.99. The molecule has 17 heavy (non-hydrogen) atoms. The third kappa shape index (κ3) is 1.73. The molecule has 0 aromatic rings. The summed E-state index contributed by atoms with van der Waals surface area (Å²) < 4.78 is 5.75. The Morgan fingerprint density at radius 2 is 2.00 bits per heavy atom. The Hall–Kier alpha value is -0.790. The van der Waals surface area contributed by atoms with Gasteiger partial charge in [-0.3, -0.25) is 4.79 Å². The van der Waals surface area contributed by atoms with Gasteiger partial charge in [0.25, 0.3) is 0 Å². The molecule has 0 heterocycles. The molecule has 2 fully saturated rings. The highest BCUT2D eigenvalue weighted by Crippen LogP contribution is 2.57. The van der Waals surface area contributed by atoms with Gasteiger partial charge in [0, 0.05) is 5.92 Å². The van der Waals surface area contributed by atoms with Crippen molar-refractivity contribution in [2.75, 3.05) is 0 Å². The molecular formula is C15H22O2. The maximum atomic E-state index is 11.9. The van der Waals surface area contributed by atoms with Gasteiger partial charge in [-0.15, -0.1) is 0 Å². The van der Waals surface area contributed by atoms with Crippen LogP contribution in [-0.2, 0) is 9.53 Å². The fourth-order valence-corrected chi connectivity index (χ4v) is 3.93. The molecule has 5 atom stereocenters. The minimum absolute atomic E-state index is 0.0337. The standard InChI is InChI=1S/C15H22O2/c1-15(2,3)14(16)17-13-8-9-7-12(13)11-6-4-5-10(9)11/h4,6,9-13H,5,7-8H2,1-3H3. The van der Waals surface area contributed by atoms with E-state index in [1.165, 1.54) is 12.8 Å². The fraction of sp³-hybridized carbons (Fsp3) is 0.800. The molecule has 2 heteroatoms. The molecule has 0 saturated heterocycles. The van der Waals surface area contributed by atoms with Crippen LogP contribution in [0.1, 0.15) is 40.0 Å². The Balaban J connectivity index is 1.68. The first kappa shape index (κ1) is 11.3. The average molecular weight is 234 g/mol. The second kappa shape index (κ2) is 3.60. The normalized spacial score (nSPS) is 42.9. The zero-order chi connectivity index (χ0) is 12.2. The topological polar surface area (TPSA) is 26.3 Å². The van der Waals surface area contributed by atoms with Gasteiger partial charge >= 0.3 is 5.97 Å². The van der Waals surface area contributed by atoms with Crippen LogP contribution in [0.3, 0.4) is 0 Å². The van der Waals surface area contributed by atoms with Crippen LogP contribution in [0.15, 0.2) is 12.2 Å². The van der Waals surface area contributed by atoms with Gasteiger partial charge in [-0.05, 0) is 57.8 Å². The smallest absolute Gasteiger partial charge is 0.311 e. The summed E-state index contributed by atoms with van der Waals surface area (Å²) in [4.78, 5) is 11.9. The molecule has 3 aliphatic carbocycles. The highest BCUT2D eigenvalue weighted by atomic mass is 16.5. The lowest BCUT2D eigenvalue weighted by atomic mass is 9.80. The quantitative estimate of drug-likeness (QED) is 0.514. The van der Waals surface area contributed by atoms with Gasteiger partial charge in [0.1, 0.15) is 6.10 Å². The van der Waals surface area contributed by atoms with Crippen molar-refractivity contribution in [1.82, 2.24) is 0 Å². The summed E-state index contributed by atoms with van der Waals surface area (Å²) in [6.07, 6.45) is 8.52. The Labute approximate surface area is 103 Å². The second-order valence-electron chi connectivity index (χ2n) is 6.99. The van der Waals surface area contributed by atoms with E-state index in [9.17, 15) is 4.79 Å². The molecule has 0 aromatic heterocycles. The van der Waals surface area contributed by atoms with Gasteiger partial charge in [0.2, 0.25) is 0 Å². The molecular weight excluding hydrogens is 212 g/mol. The van der Waals surface area contributed by atoms with Crippen LogP contribution in [0.2, 0.25) is 0 Å². The van der Waals surface area contributed by atoms with Gasteiger partial charge in [0.05, 0.1) is 5.41 Å². The number of esters is 1. The summed E-state index contributed by atoms with van der Waals surface area (Å²) in [7, 11) is 0. The SMILES string of the molecule is CC(C)(C)C(=O)OC1CC2CC1C1C=CCC21. The summed E-state index contributed by atoms with van der Waals surface area (Å²) in [5.41, 5.74) is -0.368.